The summed E-state index contributed by atoms with van der Waals surface area (Å²) in [5, 5.41) is 3.01. The fourth-order valence-electron chi connectivity index (χ4n) is 1.65. The van der Waals surface area contributed by atoms with Crippen molar-refractivity contribution in [2.24, 2.45) is 0 Å². The monoisotopic (exact) mass is 277 g/mol. The Labute approximate surface area is 116 Å². The van der Waals surface area contributed by atoms with E-state index in [-0.39, 0.29) is 12.5 Å². The number of hydrogen-bond acceptors (Lipinski definition) is 1. The van der Waals surface area contributed by atoms with E-state index in [4.69, 9.17) is 11.6 Å². The molecular formula is C15H13ClFNO. The van der Waals surface area contributed by atoms with E-state index in [1.165, 1.54) is 6.07 Å². The molecule has 0 spiro atoms. The van der Waals surface area contributed by atoms with Crippen LogP contribution in [0.1, 0.15) is 21.5 Å². The summed E-state index contributed by atoms with van der Waals surface area (Å²) in [6, 6.07) is 11.6. The zero-order valence-corrected chi connectivity index (χ0v) is 11.2. The summed E-state index contributed by atoms with van der Waals surface area (Å²) in [4.78, 5) is 11.8. The summed E-state index contributed by atoms with van der Waals surface area (Å²) in [5.74, 6) is -0.647. The van der Waals surface area contributed by atoms with Gasteiger partial charge in [-0.2, -0.15) is 0 Å². The molecule has 0 fully saturated rings. The molecule has 19 heavy (non-hydrogen) atoms. The van der Waals surface area contributed by atoms with Crippen molar-refractivity contribution in [2.45, 2.75) is 13.5 Å². The maximum Gasteiger partial charge on any atom is 0.251 e. The summed E-state index contributed by atoms with van der Waals surface area (Å²) < 4.78 is 13.5. The Morgan fingerprint density at radius 3 is 2.53 bits per heavy atom. The Bertz CT molecular complexity index is 596. The fourth-order valence-corrected chi connectivity index (χ4v) is 1.81. The van der Waals surface area contributed by atoms with Crippen LogP contribution in [-0.4, -0.2) is 5.91 Å². The number of hydrogen-bond donors (Lipinski definition) is 1. The molecule has 2 aromatic carbocycles. The molecule has 0 saturated carbocycles. The molecule has 0 heterocycles. The zero-order chi connectivity index (χ0) is 13.8. The van der Waals surface area contributed by atoms with Crippen LogP contribution >= 0.6 is 11.6 Å². The van der Waals surface area contributed by atoms with Crippen LogP contribution < -0.4 is 5.32 Å². The minimum absolute atomic E-state index is 0.135. The molecule has 0 aliphatic rings. The molecule has 0 saturated heterocycles. The number of nitrogens with one attached hydrogen (secondary N) is 1. The first kappa shape index (κ1) is 13.6. The standard InChI is InChI=1S/C15H13ClFNO/c1-10-2-4-11(5-3-10)15(19)18-9-12-6-7-13(16)8-14(12)17/h2-8H,9H2,1H3,(H,18,19). The molecule has 0 bridgehead atoms. The molecule has 1 amide bonds. The summed E-state index contributed by atoms with van der Waals surface area (Å²) in [7, 11) is 0. The van der Waals surface area contributed by atoms with Gasteiger partial charge in [-0.15, -0.1) is 0 Å². The summed E-state index contributed by atoms with van der Waals surface area (Å²) in [6.07, 6.45) is 0. The van der Waals surface area contributed by atoms with Crippen molar-refractivity contribution in [2.75, 3.05) is 0 Å². The van der Waals surface area contributed by atoms with Crippen LogP contribution in [0.2, 0.25) is 5.02 Å². The van der Waals surface area contributed by atoms with Crippen molar-refractivity contribution in [3.8, 4) is 0 Å². The van der Waals surface area contributed by atoms with Gasteiger partial charge in [-0.25, -0.2) is 4.39 Å². The molecule has 2 aromatic rings. The molecule has 0 aromatic heterocycles. The number of rotatable bonds is 3. The highest BCUT2D eigenvalue weighted by atomic mass is 35.5. The first-order valence-corrected chi connectivity index (χ1v) is 6.23. The molecule has 0 radical (unpaired) electrons. The fraction of sp³-hybridized carbons (Fsp3) is 0.133. The lowest BCUT2D eigenvalue weighted by atomic mass is 10.1. The van der Waals surface area contributed by atoms with Gasteiger partial charge >= 0.3 is 0 Å². The van der Waals surface area contributed by atoms with Crippen LogP contribution in [0.4, 0.5) is 4.39 Å². The van der Waals surface area contributed by atoms with E-state index in [9.17, 15) is 9.18 Å². The van der Waals surface area contributed by atoms with E-state index in [0.29, 0.717) is 16.1 Å². The number of carbonyl (C=O) groups is 1. The SMILES string of the molecule is Cc1ccc(C(=O)NCc2ccc(Cl)cc2F)cc1. The first-order chi connectivity index (χ1) is 9.06. The zero-order valence-electron chi connectivity index (χ0n) is 10.4. The van der Waals surface area contributed by atoms with Gasteiger partial charge in [0, 0.05) is 22.7 Å². The van der Waals surface area contributed by atoms with Gasteiger partial charge in [0.2, 0.25) is 0 Å². The van der Waals surface area contributed by atoms with Gasteiger partial charge < -0.3 is 5.32 Å². The topological polar surface area (TPSA) is 29.1 Å². The van der Waals surface area contributed by atoms with Crippen LogP contribution in [0, 0.1) is 12.7 Å². The third kappa shape index (κ3) is 3.55. The first-order valence-electron chi connectivity index (χ1n) is 5.85. The predicted octanol–water partition coefficient (Wildman–Crippen LogP) is 3.72. The summed E-state index contributed by atoms with van der Waals surface area (Å²) in [5.41, 5.74) is 2.05. The van der Waals surface area contributed by atoms with Gasteiger partial charge in [0.1, 0.15) is 5.82 Å². The molecule has 0 aliphatic heterocycles. The van der Waals surface area contributed by atoms with Crippen LogP contribution in [0.25, 0.3) is 0 Å². The third-order valence-corrected chi connectivity index (χ3v) is 3.00. The summed E-state index contributed by atoms with van der Waals surface area (Å²) >= 11 is 5.66. The van der Waals surface area contributed by atoms with Crippen molar-refractivity contribution in [3.05, 3.63) is 70.0 Å². The Morgan fingerprint density at radius 2 is 1.89 bits per heavy atom. The number of amides is 1. The lowest BCUT2D eigenvalue weighted by Gasteiger charge is -2.07. The van der Waals surface area contributed by atoms with Crippen molar-refractivity contribution in [1.29, 1.82) is 0 Å². The molecule has 98 valence electrons. The van der Waals surface area contributed by atoms with E-state index in [2.05, 4.69) is 5.32 Å². The Kier molecular flexibility index (Phi) is 4.17. The second kappa shape index (κ2) is 5.85. The van der Waals surface area contributed by atoms with E-state index < -0.39 is 5.82 Å². The number of halogens is 2. The predicted molar refractivity (Wildman–Crippen MR) is 73.8 cm³/mol. The molecule has 2 rings (SSSR count). The lowest BCUT2D eigenvalue weighted by molar-refractivity contribution is 0.0950. The minimum atomic E-state index is -0.420. The second-order valence-electron chi connectivity index (χ2n) is 4.28. The smallest absolute Gasteiger partial charge is 0.251 e. The highest BCUT2D eigenvalue weighted by Crippen LogP contribution is 2.14. The average Bonchev–Trinajstić information content (AvgIpc) is 2.38. The number of carbonyl (C=O) groups excluding carboxylic acids is 1. The van der Waals surface area contributed by atoms with Crippen molar-refractivity contribution in [1.82, 2.24) is 5.32 Å². The Morgan fingerprint density at radius 1 is 1.21 bits per heavy atom. The molecular weight excluding hydrogens is 265 g/mol. The van der Waals surface area contributed by atoms with Crippen LogP contribution in [0.5, 0.6) is 0 Å². The Balaban J connectivity index is 2.02. The number of benzene rings is 2. The van der Waals surface area contributed by atoms with Crippen molar-refractivity contribution >= 4 is 17.5 Å². The molecule has 1 N–H and O–H groups in total. The van der Waals surface area contributed by atoms with E-state index in [1.54, 1.807) is 24.3 Å². The maximum atomic E-state index is 13.5. The van der Waals surface area contributed by atoms with Crippen molar-refractivity contribution < 1.29 is 9.18 Å². The van der Waals surface area contributed by atoms with Gasteiger partial charge in [0.15, 0.2) is 0 Å². The van der Waals surface area contributed by atoms with E-state index >= 15 is 0 Å². The quantitative estimate of drug-likeness (QED) is 0.910. The van der Waals surface area contributed by atoms with E-state index in [1.807, 2.05) is 19.1 Å². The lowest BCUT2D eigenvalue weighted by Crippen LogP contribution is -2.23. The van der Waals surface area contributed by atoms with Gasteiger partial charge in [0.25, 0.3) is 5.91 Å². The average molecular weight is 278 g/mol. The second-order valence-corrected chi connectivity index (χ2v) is 4.72. The minimum Gasteiger partial charge on any atom is -0.348 e. The largest absolute Gasteiger partial charge is 0.348 e. The third-order valence-electron chi connectivity index (χ3n) is 2.77. The normalized spacial score (nSPS) is 10.3. The number of aryl methyl sites for hydroxylation is 1. The Hall–Kier alpha value is -1.87. The van der Waals surface area contributed by atoms with Crippen molar-refractivity contribution in [3.63, 3.8) is 0 Å². The van der Waals surface area contributed by atoms with Gasteiger partial charge in [0.05, 0.1) is 0 Å². The van der Waals surface area contributed by atoms with Gasteiger partial charge in [-0.05, 0) is 31.2 Å². The molecule has 0 aliphatic carbocycles. The highest BCUT2D eigenvalue weighted by molar-refractivity contribution is 6.30. The highest BCUT2D eigenvalue weighted by Gasteiger charge is 2.07. The molecule has 0 atom stereocenters. The maximum absolute atomic E-state index is 13.5. The van der Waals surface area contributed by atoms with Gasteiger partial charge in [-0.1, -0.05) is 35.4 Å². The molecule has 4 heteroatoms. The molecule has 0 unspecified atom stereocenters. The van der Waals surface area contributed by atoms with Crippen LogP contribution in [0.3, 0.4) is 0 Å². The van der Waals surface area contributed by atoms with Crippen LogP contribution in [0.15, 0.2) is 42.5 Å². The van der Waals surface area contributed by atoms with Crippen LogP contribution in [-0.2, 0) is 6.54 Å². The summed E-state index contributed by atoms with van der Waals surface area (Å²) in [6.45, 7) is 2.08. The van der Waals surface area contributed by atoms with E-state index in [0.717, 1.165) is 5.56 Å². The molecule has 2 nitrogen and oxygen atoms in total. The van der Waals surface area contributed by atoms with Gasteiger partial charge in [-0.3, -0.25) is 4.79 Å².